The van der Waals surface area contributed by atoms with Crippen LogP contribution in [0.4, 0.5) is 4.39 Å². The fourth-order valence-electron chi connectivity index (χ4n) is 3.29. The highest BCUT2D eigenvalue weighted by atomic mass is 35.5. The van der Waals surface area contributed by atoms with Crippen molar-refractivity contribution in [2.45, 2.75) is 19.3 Å². The molecule has 0 saturated heterocycles. The number of ether oxygens (including phenoxy) is 1. The van der Waals surface area contributed by atoms with Crippen LogP contribution in [-0.4, -0.2) is 19.7 Å². The molecule has 28 heavy (non-hydrogen) atoms. The first-order valence-corrected chi connectivity index (χ1v) is 9.07. The lowest BCUT2D eigenvalue weighted by atomic mass is 10.1. The topological polar surface area (TPSA) is 66.0 Å². The number of nitrogens with zero attached hydrogens (tertiary/aromatic N) is 4. The number of hydrogen-bond donors (Lipinski definition) is 0. The highest BCUT2D eigenvalue weighted by Crippen LogP contribution is 2.33. The molecule has 0 radical (unpaired) electrons. The normalized spacial score (nSPS) is 16.1. The molecule has 0 unspecified atom stereocenters. The second-order valence-electron chi connectivity index (χ2n) is 6.45. The molecule has 8 heteroatoms. The lowest BCUT2D eigenvalue weighted by Crippen LogP contribution is -2.20. The maximum Gasteiger partial charge on any atom is 0.278 e. The standard InChI is InChI=1S/C20H14ClFN4O2/c21-15-7-2-1-6-14(15)19-24-20(28-25-19)18-16-10-27-17(9-26(16)11-23-18)12-4-3-5-13(22)8-12/h1-8,11,17H,9-10H2/t17-/m1/s1. The summed E-state index contributed by atoms with van der Waals surface area (Å²) in [5, 5.41) is 4.57. The molecule has 1 aliphatic heterocycles. The zero-order chi connectivity index (χ0) is 19.1. The minimum absolute atomic E-state index is 0.244. The Morgan fingerprint density at radius 1 is 1.14 bits per heavy atom. The molecule has 0 amide bonds. The smallest absolute Gasteiger partial charge is 0.278 e. The third kappa shape index (κ3) is 2.98. The van der Waals surface area contributed by atoms with Gasteiger partial charge >= 0.3 is 0 Å². The largest absolute Gasteiger partial charge is 0.365 e. The molecule has 140 valence electrons. The van der Waals surface area contributed by atoms with Crippen molar-refractivity contribution in [3.63, 3.8) is 0 Å². The van der Waals surface area contributed by atoms with E-state index in [1.54, 1.807) is 18.5 Å². The maximum atomic E-state index is 13.5. The van der Waals surface area contributed by atoms with Crippen LogP contribution in [0.1, 0.15) is 17.4 Å². The quantitative estimate of drug-likeness (QED) is 0.503. The van der Waals surface area contributed by atoms with Crippen molar-refractivity contribution in [1.82, 2.24) is 19.7 Å². The first-order chi connectivity index (χ1) is 13.7. The van der Waals surface area contributed by atoms with Crippen molar-refractivity contribution in [3.8, 4) is 23.0 Å². The number of benzene rings is 2. The van der Waals surface area contributed by atoms with E-state index in [1.165, 1.54) is 12.1 Å². The molecule has 0 bridgehead atoms. The van der Waals surface area contributed by atoms with E-state index in [1.807, 2.05) is 28.8 Å². The van der Waals surface area contributed by atoms with Gasteiger partial charge in [-0.3, -0.25) is 0 Å². The third-order valence-electron chi connectivity index (χ3n) is 4.69. The molecule has 0 spiro atoms. The molecular formula is C20H14ClFN4O2. The molecule has 1 atom stereocenters. The van der Waals surface area contributed by atoms with Crippen molar-refractivity contribution in [2.24, 2.45) is 0 Å². The van der Waals surface area contributed by atoms with Gasteiger partial charge in [-0.1, -0.05) is 41.0 Å². The Labute approximate surface area is 164 Å². The summed E-state index contributed by atoms with van der Waals surface area (Å²) in [7, 11) is 0. The van der Waals surface area contributed by atoms with Crippen LogP contribution >= 0.6 is 11.6 Å². The Morgan fingerprint density at radius 3 is 2.89 bits per heavy atom. The van der Waals surface area contributed by atoms with Crippen LogP contribution in [0.3, 0.4) is 0 Å². The van der Waals surface area contributed by atoms with Crippen molar-refractivity contribution >= 4 is 11.6 Å². The first kappa shape index (κ1) is 17.1. The van der Waals surface area contributed by atoms with Crippen LogP contribution in [0, 0.1) is 5.82 Å². The zero-order valence-corrected chi connectivity index (χ0v) is 15.3. The van der Waals surface area contributed by atoms with Gasteiger partial charge in [0.05, 0.1) is 30.2 Å². The van der Waals surface area contributed by atoms with Crippen LogP contribution in [0.15, 0.2) is 59.4 Å². The first-order valence-electron chi connectivity index (χ1n) is 8.69. The molecule has 4 aromatic rings. The second kappa shape index (κ2) is 6.85. The van der Waals surface area contributed by atoms with Crippen molar-refractivity contribution in [2.75, 3.05) is 0 Å². The molecule has 3 heterocycles. The average molecular weight is 397 g/mol. The Kier molecular flexibility index (Phi) is 4.18. The van der Waals surface area contributed by atoms with Crippen molar-refractivity contribution in [3.05, 3.63) is 77.0 Å². The van der Waals surface area contributed by atoms with Crippen LogP contribution in [0.2, 0.25) is 5.02 Å². The molecule has 5 rings (SSSR count). The van der Waals surface area contributed by atoms with Crippen LogP contribution in [-0.2, 0) is 17.9 Å². The molecule has 0 N–H and O–H groups in total. The monoisotopic (exact) mass is 396 g/mol. The third-order valence-corrected chi connectivity index (χ3v) is 5.02. The van der Waals surface area contributed by atoms with Crippen LogP contribution in [0.25, 0.3) is 23.0 Å². The molecule has 2 aromatic carbocycles. The minimum Gasteiger partial charge on any atom is -0.365 e. The summed E-state index contributed by atoms with van der Waals surface area (Å²) in [6, 6.07) is 13.7. The molecule has 2 aromatic heterocycles. The summed E-state index contributed by atoms with van der Waals surface area (Å²) < 4.78 is 26.8. The van der Waals surface area contributed by atoms with Gasteiger partial charge in [0.1, 0.15) is 11.9 Å². The number of aromatic nitrogens is 4. The molecule has 6 nitrogen and oxygen atoms in total. The summed E-state index contributed by atoms with van der Waals surface area (Å²) in [4.78, 5) is 8.86. The van der Waals surface area contributed by atoms with E-state index in [0.29, 0.717) is 41.1 Å². The van der Waals surface area contributed by atoms with Gasteiger partial charge in [-0.05, 0) is 29.8 Å². The van der Waals surface area contributed by atoms with E-state index in [2.05, 4.69) is 15.1 Å². The number of fused-ring (bicyclic) bond motifs is 1. The summed E-state index contributed by atoms with van der Waals surface area (Å²) in [6.07, 6.45) is 1.46. The molecule has 0 fully saturated rings. The number of imidazole rings is 1. The fourth-order valence-corrected chi connectivity index (χ4v) is 3.51. The minimum atomic E-state index is -0.281. The van der Waals surface area contributed by atoms with Crippen molar-refractivity contribution < 1.29 is 13.7 Å². The SMILES string of the molecule is Fc1cccc([C@H]2Cn3cnc(-c4nc(-c5ccccc5Cl)no4)c3CO2)c1. The summed E-state index contributed by atoms with van der Waals surface area (Å²) in [5.41, 5.74) is 2.89. The van der Waals surface area contributed by atoms with E-state index in [9.17, 15) is 4.39 Å². The Hall–Kier alpha value is -3.03. The van der Waals surface area contributed by atoms with Crippen LogP contribution < -0.4 is 0 Å². The van der Waals surface area contributed by atoms with E-state index in [4.69, 9.17) is 20.9 Å². The van der Waals surface area contributed by atoms with Gasteiger partial charge < -0.3 is 13.8 Å². The van der Waals surface area contributed by atoms with E-state index >= 15 is 0 Å². The molecule has 1 aliphatic rings. The highest BCUT2D eigenvalue weighted by Gasteiger charge is 2.27. The number of hydrogen-bond acceptors (Lipinski definition) is 5. The number of rotatable bonds is 3. The van der Waals surface area contributed by atoms with E-state index < -0.39 is 0 Å². The van der Waals surface area contributed by atoms with Gasteiger partial charge in [-0.2, -0.15) is 4.98 Å². The molecular weight excluding hydrogens is 383 g/mol. The van der Waals surface area contributed by atoms with Gasteiger partial charge in [0.15, 0.2) is 5.69 Å². The molecule has 0 aliphatic carbocycles. The summed E-state index contributed by atoms with van der Waals surface area (Å²) in [6.45, 7) is 0.831. The van der Waals surface area contributed by atoms with Gasteiger partial charge in [-0.25, -0.2) is 9.37 Å². The second-order valence-corrected chi connectivity index (χ2v) is 6.86. The number of halogens is 2. The summed E-state index contributed by atoms with van der Waals surface area (Å²) in [5.74, 6) is 0.421. The van der Waals surface area contributed by atoms with Gasteiger partial charge in [0, 0.05) is 5.56 Å². The maximum absolute atomic E-state index is 13.5. The lowest BCUT2D eigenvalue weighted by Gasteiger charge is -2.25. The van der Waals surface area contributed by atoms with Gasteiger partial charge in [0.25, 0.3) is 5.89 Å². The van der Waals surface area contributed by atoms with Gasteiger partial charge in [-0.15, -0.1) is 0 Å². The predicted octanol–water partition coefficient (Wildman–Crippen LogP) is 4.66. The molecule has 0 saturated carbocycles. The Bertz CT molecular complexity index is 1160. The lowest BCUT2D eigenvalue weighted by molar-refractivity contribution is 0.00314. The van der Waals surface area contributed by atoms with Gasteiger partial charge in [0.2, 0.25) is 5.82 Å². The van der Waals surface area contributed by atoms with Crippen LogP contribution in [0.5, 0.6) is 0 Å². The average Bonchev–Trinajstić information content (AvgIpc) is 3.34. The predicted molar refractivity (Wildman–Crippen MR) is 99.9 cm³/mol. The summed E-state index contributed by atoms with van der Waals surface area (Å²) >= 11 is 6.21. The zero-order valence-electron chi connectivity index (χ0n) is 14.5. The van der Waals surface area contributed by atoms with Crippen molar-refractivity contribution in [1.29, 1.82) is 0 Å². The van der Waals surface area contributed by atoms with E-state index in [0.717, 1.165) is 11.3 Å². The Morgan fingerprint density at radius 2 is 2.04 bits per heavy atom. The fraction of sp³-hybridized carbons (Fsp3) is 0.150. The Balaban J connectivity index is 1.44. The van der Waals surface area contributed by atoms with E-state index in [-0.39, 0.29) is 11.9 Å². The highest BCUT2D eigenvalue weighted by molar-refractivity contribution is 6.33.